The lowest BCUT2D eigenvalue weighted by Gasteiger charge is -2.09. The Kier molecular flexibility index (Phi) is 6.97. The molecule has 0 unspecified atom stereocenters. The molecule has 0 saturated carbocycles. The Morgan fingerprint density at radius 1 is 1.21 bits per heavy atom. The van der Waals surface area contributed by atoms with Gasteiger partial charge in [-0.05, 0) is 36.6 Å². The molecule has 1 N–H and O–H groups in total. The number of benzene rings is 1. The fourth-order valence-electron chi connectivity index (χ4n) is 1.48. The summed E-state index contributed by atoms with van der Waals surface area (Å²) in [5.74, 6) is 1.34. The Labute approximate surface area is 115 Å². The zero-order valence-electron chi connectivity index (χ0n) is 11.9. The van der Waals surface area contributed by atoms with Gasteiger partial charge in [-0.3, -0.25) is 4.79 Å². The summed E-state index contributed by atoms with van der Waals surface area (Å²) in [5.41, 5.74) is 0.632. The maximum absolute atomic E-state index is 11.7. The summed E-state index contributed by atoms with van der Waals surface area (Å²) in [6.45, 7) is 6.06. The second-order valence-electron chi connectivity index (χ2n) is 4.80. The van der Waals surface area contributed by atoms with Crippen molar-refractivity contribution in [3.8, 4) is 5.75 Å². The lowest BCUT2D eigenvalue weighted by Crippen LogP contribution is -2.26. The molecular weight excluding hydrogens is 242 g/mol. The average molecular weight is 265 g/mol. The van der Waals surface area contributed by atoms with Gasteiger partial charge in [0.25, 0.3) is 5.91 Å². The second-order valence-corrected chi connectivity index (χ2v) is 4.80. The van der Waals surface area contributed by atoms with Gasteiger partial charge in [0.2, 0.25) is 0 Å². The Morgan fingerprint density at radius 3 is 2.47 bits per heavy atom. The molecular formula is C15H23NO3. The van der Waals surface area contributed by atoms with E-state index in [0.29, 0.717) is 31.2 Å². The first kappa shape index (κ1) is 15.5. The minimum atomic E-state index is -0.0919. The van der Waals surface area contributed by atoms with E-state index in [2.05, 4.69) is 19.2 Å². The first-order valence-electron chi connectivity index (χ1n) is 6.63. The number of nitrogens with one attached hydrogen (secondary N) is 1. The van der Waals surface area contributed by atoms with Gasteiger partial charge in [-0.2, -0.15) is 0 Å². The topological polar surface area (TPSA) is 47.6 Å². The van der Waals surface area contributed by atoms with Gasteiger partial charge in [0.05, 0.1) is 13.2 Å². The summed E-state index contributed by atoms with van der Waals surface area (Å²) >= 11 is 0. The van der Waals surface area contributed by atoms with Crippen molar-refractivity contribution in [3.05, 3.63) is 29.8 Å². The third-order valence-corrected chi connectivity index (χ3v) is 2.67. The normalized spacial score (nSPS) is 10.5. The van der Waals surface area contributed by atoms with E-state index >= 15 is 0 Å². The molecule has 0 bridgehead atoms. The quantitative estimate of drug-likeness (QED) is 0.735. The molecule has 0 aliphatic rings. The largest absolute Gasteiger partial charge is 0.494 e. The molecule has 0 aliphatic heterocycles. The number of ether oxygens (including phenoxy) is 2. The Balaban J connectivity index is 2.40. The van der Waals surface area contributed by atoms with Crippen LogP contribution >= 0.6 is 0 Å². The molecule has 0 atom stereocenters. The highest BCUT2D eigenvalue weighted by atomic mass is 16.5. The summed E-state index contributed by atoms with van der Waals surface area (Å²) < 4.78 is 10.5. The van der Waals surface area contributed by atoms with Crippen LogP contribution in [0.4, 0.5) is 0 Å². The zero-order valence-corrected chi connectivity index (χ0v) is 11.9. The second kappa shape index (κ2) is 8.53. The smallest absolute Gasteiger partial charge is 0.251 e. The van der Waals surface area contributed by atoms with Crippen molar-refractivity contribution in [2.75, 3.05) is 26.9 Å². The third-order valence-electron chi connectivity index (χ3n) is 2.67. The van der Waals surface area contributed by atoms with Crippen LogP contribution in [0.5, 0.6) is 5.75 Å². The Bertz CT molecular complexity index is 373. The lowest BCUT2D eigenvalue weighted by molar-refractivity contribution is 0.0937. The Morgan fingerprint density at radius 2 is 1.89 bits per heavy atom. The molecule has 1 amide bonds. The highest BCUT2D eigenvalue weighted by Gasteiger charge is 2.04. The summed E-state index contributed by atoms with van der Waals surface area (Å²) in [6.07, 6.45) is 1.03. The molecule has 1 rings (SSSR count). The third kappa shape index (κ3) is 6.25. The highest BCUT2D eigenvalue weighted by Crippen LogP contribution is 2.13. The molecule has 4 nitrogen and oxygen atoms in total. The van der Waals surface area contributed by atoms with Gasteiger partial charge >= 0.3 is 0 Å². The molecule has 4 heteroatoms. The molecule has 0 spiro atoms. The minimum Gasteiger partial charge on any atom is -0.494 e. The van der Waals surface area contributed by atoms with Crippen LogP contribution < -0.4 is 10.1 Å². The van der Waals surface area contributed by atoms with Crippen molar-refractivity contribution in [3.63, 3.8) is 0 Å². The van der Waals surface area contributed by atoms with Crippen molar-refractivity contribution in [1.29, 1.82) is 0 Å². The van der Waals surface area contributed by atoms with Crippen molar-refractivity contribution in [2.24, 2.45) is 5.92 Å². The molecule has 1 aromatic carbocycles. The number of hydrogen-bond donors (Lipinski definition) is 1. The summed E-state index contributed by atoms with van der Waals surface area (Å²) in [7, 11) is 1.61. The van der Waals surface area contributed by atoms with Crippen molar-refractivity contribution in [2.45, 2.75) is 20.3 Å². The van der Waals surface area contributed by atoms with Gasteiger partial charge in [0.15, 0.2) is 0 Å². The van der Waals surface area contributed by atoms with E-state index in [1.54, 1.807) is 19.2 Å². The predicted octanol–water partition coefficient (Wildman–Crippen LogP) is 2.49. The van der Waals surface area contributed by atoms with Crippen LogP contribution in [-0.4, -0.2) is 32.8 Å². The minimum absolute atomic E-state index is 0.0919. The Hall–Kier alpha value is -1.55. The van der Waals surface area contributed by atoms with Crippen LogP contribution in [-0.2, 0) is 4.74 Å². The highest BCUT2D eigenvalue weighted by molar-refractivity contribution is 5.94. The van der Waals surface area contributed by atoms with Gasteiger partial charge < -0.3 is 14.8 Å². The van der Waals surface area contributed by atoms with Crippen molar-refractivity contribution >= 4 is 5.91 Å². The van der Waals surface area contributed by atoms with Crippen LogP contribution in [0.15, 0.2) is 24.3 Å². The fourth-order valence-corrected chi connectivity index (χ4v) is 1.48. The SMILES string of the molecule is COCCNC(=O)c1ccc(OCCC(C)C)cc1. The van der Waals surface area contributed by atoms with Crippen molar-refractivity contribution < 1.29 is 14.3 Å². The van der Waals surface area contributed by atoms with E-state index in [-0.39, 0.29) is 5.91 Å². The van der Waals surface area contributed by atoms with Crippen LogP contribution in [0.3, 0.4) is 0 Å². The maximum atomic E-state index is 11.7. The van der Waals surface area contributed by atoms with Crippen LogP contribution in [0, 0.1) is 5.92 Å². The van der Waals surface area contributed by atoms with Gasteiger partial charge in [-0.25, -0.2) is 0 Å². The van der Waals surface area contributed by atoms with E-state index in [1.807, 2.05) is 12.1 Å². The first-order valence-corrected chi connectivity index (χ1v) is 6.63. The van der Waals surface area contributed by atoms with E-state index in [9.17, 15) is 4.79 Å². The number of amides is 1. The van der Waals surface area contributed by atoms with E-state index in [0.717, 1.165) is 12.2 Å². The zero-order chi connectivity index (χ0) is 14.1. The number of carbonyl (C=O) groups excluding carboxylic acids is 1. The van der Waals surface area contributed by atoms with Gasteiger partial charge in [0, 0.05) is 19.2 Å². The monoisotopic (exact) mass is 265 g/mol. The number of methoxy groups -OCH3 is 1. The molecule has 0 fully saturated rings. The summed E-state index contributed by atoms with van der Waals surface area (Å²) in [4.78, 5) is 11.7. The molecule has 106 valence electrons. The van der Waals surface area contributed by atoms with Gasteiger partial charge in [-0.1, -0.05) is 13.8 Å². The van der Waals surface area contributed by atoms with Crippen LogP contribution in [0.25, 0.3) is 0 Å². The summed E-state index contributed by atoms with van der Waals surface area (Å²) in [5, 5.41) is 2.77. The molecule has 0 aliphatic carbocycles. The molecule has 0 aromatic heterocycles. The predicted molar refractivity (Wildman–Crippen MR) is 75.6 cm³/mol. The van der Waals surface area contributed by atoms with Crippen LogP contribution in [0.2, 0.25) is 0 Å². The molecule has 1 aromatic rings. The molecule has 0 saturated heterocycles. The van der Waals surface area contributed by atoms with Gasteiger partial charge in [0.1, 0.15) is 5.75 Å². The van der Waals surface area contributed by atoms with Crippen LogP contribution in [0.1, 0.15) is 30.6 Å². The number of carbonyl (C=O) groups is 1. The molecule has 0 radical (unpaired) electrons. The first-order chi connectivity index (χ1) is 9.13. The standard InChI is InChI=1S/C15H23NO3/c1-12(2)8-10-19-14-6-4-13(5-7-14)15(17)16-9-11-18-3/h4-7,12H,8-11H2,1-3H3,(H,16,17). The lowest BCUT2D eigenvalue weighted by atomic mass is 10.1. The number of hydrogen-bond acceptors (Lipinski definition) is 3. The summed E-state index contributed by atoms with van der Waals surface area (Å²) in [6, 6.07) is 7.19. The fraction of sp³-hybridized carbons (Fsp3) is 0.533. The van der Waals surface area contributed by atoms with E-state index in [4.69, 9.17) is 9.47 Å². The van der Waals surface area contributed by atoms with Gasteiger partial charge in [-0.15, -0.1) is 0 Å². The average Bonchev–Trinajstić information content (AvgIpc) is 2.39. The number of rotatable bonds is 8. The van der Waals surface area contributed by atoms with E-state index < -0.39 is 0 Å². The van der Waals surface area contributed by atoms with Crippen molar-refractivity contribution in [1.82, 2.24) is 5.32 Å². The molecule has 0 heterocycles. The molecule has 19 heavy (non-hydrogen) atoms. The maximum Gasteiger partial charge on any atom is 0.251 e. The van der Waals surface area contributed by atoms with E-state index in [1.165, 1.54) is 0 Å².